The van der Waals surface area contributed by atoms with E-state index in [1.165, 1.54) is 4.90 Å². The van der Waals surface area contributed by atoms with E-state index in [4.69, 9.17) is 4.74 Å². The number of carbonyl (C=O) groups excluding carboxylic acids is 2. The third-order valence-electron chi connectivity index (χ3n) is 5.41. The molecule has 0 radical (unpaired) electrons. The molecule has 0 aromatic heterocycles. The molecule has 2 aromatic rings. The van der Waals surface area contributed by atoms with Crippen LogP contribution in [0.15, 0.2) is 36.4 Å². The van der Waals surface area contributed by atoms with Crippen LogP contribution in [-0.2, 0) is 37.9 Å². The highest BCUT2D eigenvalue weighted by molar-refractivity contribution is 7.92. The van der Waals surface area contributed by atoms with Crippen molar-refractivity contribution in [3.8, 4) is 5.75 Å². The van der Waals surface area contributed by atoms with Crippen LogP contribution in [0.1, 0.15) is 50.3 Å². The van der Waals surface area contributed by atoms with Gasteiger partial charge in [0.15, 0.2) is 0 Å². The Hall–Kier alpha value is -2.87. The van der Waals surface area contributed by atoms with Crippen molar-refractivity contribution in [2.24, 2.45) is 0 Å². The van der Waals surface area contributed by atoms with Crippen LogP contribution in [-0.4, -0.2) is 33.6 Å². The molecule has 1 aliphatic heterocycles. The van der Waals surface area contributed by atoms with E-state index < -0.39 is 10.0 Å². The maximum absolute atomic E-state index is 12.3. The van der Waals surface area contributed by atoms with E-state index in [0.29, 0.717) is 24.2 Å². The van der Waals surface area contributed by atoms with Crippen LogP contribution in [0, 0.1) is 0 Å². The summed E-state index contributed by atoms with van der Waals surface area (Å²) in [6.07, 6.45) is 2.90. The molecular weight excluding hydrogens is 428 g/mol. The SMILES string of the molecule is COc1c(CCc2ccc(NS(C)(=O)=O)cc2)cc(N2C(=O)CCC2=O)cc1C(C)(C)C. The minimum absolute atomic E-state index is 0.181. The summed E-state index contributed by atoms with van der Waals surface area (Å²) in [5.41, 5.74) is 3.74. The fourth-order valence-corrected chi connectivity index (χ4v) is 4.45. The monoisotopic (exact) mass is 458 g/mol. The third-order valence-corrected chi connectivity index (χ3v) is 6.02. The average molecular weight is 459 g/mol. The average Bonchev–Trinajstić information content (AvgIpc) is 3.03. The lowest BCUT2D eigenvalue weighted by Crippen LogP contribution is -2.29. The summed E-state index contributed by atoms with van der Waals surface area (Å²) >= 11 is 0. The summed E-state index contributed by atoms with van der Waals surface area (Å²) in [7, 11) is -1.69. The van der Waals surface area contributed by atoms with Gasteiger partial charge in [0.1, 0.15) is 5.75 Å². The fourth-order valence-electron chi connectivity index (χ4n) is 3.88. The van der Waals surface area contributed by atoms with Crippen molar-refractivity contribution in [1.29, 1.82) is 0 Å². The molecule has 32 heavy (non-hydrogen) atoms. The summed E-state index contributed by atoms with van der Waals surface area (Å²) < 4.78 is 31.0. The fraction of sp³-hybridized carbons (Fsp3) is 0.417. The van der Waals surface area contributed by atoms with Gasteiger partial charge in [0.2, 0.25) is 21.8 Å². The summed E-state index contributed by atoms with van der Waals surface area (Å²) in [4.78, 5) is 26.0. The topological polar surface area (TPSA) is 92.8 Å². The molecular formula is C24H30N2O5S. The third kappa shape index (κ3) is 5.48. The van der Waals surface area contributed by atoms with Crippen molar-refractivity contribution in [2.45, 2.75) is 51.9 Å². The Balaban J connectivity index is 1.93. The van der Waals surface area contributed by atoms with Gasteiger partial charge < -0.3 is 4.74 Å². The smallest absolute Gasteiger partial charge is 0.234 e. The van der Waals surface area contributed by atoms with E-state index in [0.717, 1.165) is 28.7 Å². The number of sulfonamides is 1. The first kappa shape index (κ1) is 23.8. The molecule has 0 unspecified atom stereocenters. The van der Waals surface area contributed by atoms with Crippen molar-refractivity contribution in [1.82, 2.24) is 0 Å². The molecule has 1 N–H and O–H groups in total. The highest BCUT2D eigenvalue weighted by Gasteiger charge is 2.32. The van der Waals surface area contributed by atoms with Crippen LogP contribution < -0.4 is 14.4 Å². The Kier molecular flexibility index (Phi) is 6.64. The number of carbonyl (C=O) groups is 2. The molecule has 1 saturated heterocycles. The molecule has 2 amide bonds. The van der Waals surface area contributed by atoms with Gasteiger partial charge in [-0.3, -0.25) is 19.2 Å². The van der Waals surface area contributed by atoms with Crippen molar-refractivity contribution >= 4 is 33.2 Å². The lowest BCUT2D eigenvalue weighted by molar-refractivity contribution is -0.121. The Morgan fingerprint density at radius 2 is 1.59 bits per heavy atom. The van der Waals surface area contributed by atoms with Gasteiger partial charge in [-0.1, -0.05) is 32.9 Å². The largest absolute Gasteiger partial charge is 0.496 e. The number of imide groups is 1. The molecule has 3 rings (SSSR count). The Labute approximate surface area is 189 Å². The Morgan fingerprint density at radius 3 is 2.09 bits per heavy atom. The summed E-state index contributed by atoms with van der Waals surface area (Å²) in [5.74, 6) is 0.399. The molecule has 0 saturated carbocycles. The van der Waals surface area contributed by atoms with Crippen LogP contribution in [0.4, 0.5) is 11.4 Å². The number of ether oxygens (including phenoxy) is 1. The lowest BCUT2D eigenvalue weighted by atomic mass is 9.84. The molecule has 1 aliphatic rings. The van der Waals surface area contributed by atoms with E-state index in [9.17, 15) is 18.0 Å². The number of methoxy groups -OCH3 is 1. The van der Waals surface area contributed by atoms with Crippen molar-refractivity contribution in [3.05, 3.63) is 53.1 Å². The zero-order valence-electron chi connectivity index (χ0n) is 19.2. The molecule has 0 bridgehead atoms. The second-order valence-corrected chi connectivity index (χ2v) is 10.9. The predicted octanol–water partition coefficient (Wildman–Crippen LogP) is 3.80. The minimum atomic E-state index is -3.32. The predicted molar refractivity (Wildman–Crippen MR) is 126 cm³/mol. The highest BCUT2D eigenvalue weighted by atomic mass is 32.2. The molecule has 0 spiro atoms. The summed E-state index contributed by atoms with van der Waals surface area (Å²) in [6, 6.07) is 11.0. The lowest BCUT2D eigenvalue weighted by Gasteiger charge is -2.27. The van der Waals surface area contributed by atoms with Crippen LogP contribution >= 0.6 is 0 Å². The number of benzene rings is 2. The molecule has 8 heteroatoms. The second-order valence-electron chi connectivity index (χ2n) is 9.13. The number of nitrogens with zero attached hydrogens (tertiary/aromatic N) is 1. The maximum Gasteiger partial charge on any atom is 0.234 e. The number of hydrogen-bond donors (Lipinski definition) is 1. The number of nitrogens with one attached hydrogen (secondary N) is 1. The highest BCUT2D eigenvalue weighted by Crippen LogP contribution is 2.39. The van der Waals surface area contributed by atoms with Gasteiger partial charge in [-0.15, -0.1) is 0 Å². The first-order valence-corrected chi connectivity index (χ1v) is 12.4. The van der Waals surface area contributed by atoms with Crippen LogP contribution in [0.3, 0.4) is 0 Å². The minimum Gasteiger partial charge on any atom is -0.496 e. The van der Waals surface area contributed by atoms with E-state index in [1.807, 2.05) is 24.3 Å². The molecule has 7 nitrogen and oxygen atoms in total. The number of hydrogen-bond acceptors (Lipinski definition) is 5. The summed E-state index contributed by atoms with van der Waals surface area (Å²) in [5, 5.41) is 0. The normalized spacial score (nSPS) is 14.7. The molecule has 2 aromatic carbocycles. The number of anilines is 2. The van der Waals surface area contributed by atoms with Gasteiger partial charge in [0.25, 0.3) is 0 Å². The van der Waals surface area contributed by atoms with Gasteiger partial charge in [0.05, 0.1) is 19.1 Å². The molecule has 0 aliphatic carbocycles. The Bertz CT molecular complexity index is 1120. The van der Waals surface area contributed by atoms with E-state index in [1.54, 1.807) is 19.2 Å². The first-order chi connectivity index (χ1) is 14.9. The van der Waals surface area contributed by atoms with Crippen LogP contribution in [0.2, 0.25) is 0 Å². The van der Waals surface area contributed by atoms with Crippen molar-refractivity contribution < 1.29 is 22.7 Å². The molecule has 1 fully saturated rings. The van der Waals surface area contributed by atoms with Gasteiger partial charge in [-0.25, -0.2) is 8.42 Å². The van der Waals surface area contributed by atoms with Crippen molar-refractivity contribution in [2.75, 3.05) is 23.0 Å². The Morgan fingerprint density at radius 1 is 1.00 bits per heavy atom. The second kappa shape index (κ2) is 8.94. The van der Waals surface area contributed by atoms with E-state index in [2.05, 4.69) is 25.5 Å². The number of aryl methyl sites for hydroxylation is 2. The molecule has 172 valence electrons. The van der Waals surface area contributed by atoms with Gasteiger partial charge in [-0.2, -0.15) is 0 Å². The number of amides is 2. The van der Waals surface area contributed by atoms with Crippen LogP contribution in [0.25, 0.3) is 0 Å². The van der Waals surface area contributed by atoms with E-state index >= 15 is 0 Å². The zero-order valence-corrected chi connectivity index (χ0v) is 20.0. The van der Waals surface area contributed by atoms with Crippen LogP contribution in [0.5, 0.6) is 5.75 Å². The zero-order chi connectivity index (χ0) is 23.7. The van der Waals surface area contributed by atoms with Gasteiger partial charge in [-0.05, 0) is 53.6 Å². The number of rotatable bonds is 7. The molecule has 1 heterocycles. The summed E-state index contributed by atoms with van der Waals surface area (Å²) in [6.45, 7) is 6.21. The maximum atomic E-state index is 12.3. The first-order valence-electron chi connectivity index (χ1n) is 10.5. The molecule has 0 atom stereocenters. The quantitative estimate of drug-likeness (QED) is 0.637. The van der Waals surface area contributed by atoms with E-state index in [-0.39, 0.29) is 30.1 Å². The van der Waals surface area contributed by atoms with Gasteiger partial charge in [0, 0.05) is 24.1 Å². The van der Waals surface area contributed by atoms with Crippen molar-refractivity contribution in [3.63, 3.8) is 0 Å². The van der Waals surface area contributed by atoms with Gasteiger partial charge >= 0.3 is 0 Å². The standard InChI is InChI=1S/C24H30N2O5S/c1-24(2,3)20-15-19(26-21(27)12-13-22(26)28)14-17(23(20)31-4)9-6-16-7-10-18(11-8-16)25-32(5,29)30/h7-8,10-11,14-15,25H,6,9,12-13H2,1-5H3.